The highest BCUT2D eigenvalue weighted by molar-refractivity contribution is 6.32. The molecule has 5 heteroatoms. The molecule has 0 radical (unpaired) electrons. The van der Waals surface area contributed by atoms with Crippen molar-refractivity contribution in [3.05, 3.63) is 28.0 Å². The van der Waals surface area contributed by atoms with Crippen LogP contribution in [0.1, 0.15) is 19.4 Å². The fourth-order valence-corrected chi connectivity index (χ4v) is 2.41. The molecule has 1 aromatic heterocycles. The summed E-state index contributed by atoms with van der Waals surface area (Å²) in [5.41, 5.74) is 0.397. The average Bonchev–Trinajstić information content (AvgIpc) is 2.19. The van der Waals surface area contributed by atoms with Crippen LogP contribution in [0.25, 0.3) is 0 Å². The smallest absolute Gasteiger partial charge is 0.135 e. The highest BCUT2D eigenvalue weighted by Crippen LogP contribution is 2.30. The number of hydrogen-bond acceptors (Lipinski definition) is 3. The van der Waals surface area contributed by atoms with Crippen LogP contribution in [-0.4, -0.2) is 33.7 Å². The Balaban J connectivity index is 1.96. The Labute approximate surface area is 111 Å². The zero-order valence-electron chi connectivity index (χ0n) is 9.95. The van der Waals surface area contributed by atoms with Gasteiger partial charge >= 0.3 is 0 Å². The predicted molar refractivity (Wildman–Crippen MR) is 69.3 cm³/mol. The molecule has 17 heavy (non-hydrogen) atoms. The van der Waals surface area contributed by atoms with E-state index >= 15 is 0 Å². The molecule has 0 unspecified atom stereocenters. The second-order valence-corrected chi connectivity index (χ2v) is 5.73. The van der Waals surface area contributed by atoms with Crippen LogP contribution in [0.5, 0.6) is 0 Å². The van der Waals surface area contributed by atoms with Crippen LogP contribution in [0.15, 0.2) is 12.1 Å². The van der Waals surface area contributed by atoms with Crippen LogP contribution < -0.4 is 0 Å². The quantitative estimate of drug-likeness (QED) is 0.861. The van der Waals surface area contributed by atoms with Gasteiger partial charge < -0.3 is 5.11 Å². The monoisotopic (exact) mass is 274 g/mol. The van der Waals surface area contributed by atoms with E-state index in [9.17, 15) is 5.11 Å². The van der Waals surface area contributed by atoms with E-state index in [1.54, 1.807) is 6.07 Å². The van der Waals surface area contributed by atoms with Crippen molar-refractivity contribution >= 4 is 23.2 Å². The van der Waals surface area contributed by atoms with Crippen molar-refractivity contribution in [3.63, 3.8) is 0 Å². The van der Waals surface area contributed by atoms with Crippen molar-refractivity contribution in [2.24, 2.45) is 5.92 Å². The molecule has 0 aromatic carbocycles. The van der Waals surface area contributed by atoms with E-state index in [1.807, 2.05) is 19.9 Å². The van der Waals surface area contributed by atoms with Crippen LogP contribution in [0.3, 0.4) is 0 Å². The van der Waals surface area contributed by atoms with Crippen LogP contribution >= 0.6 is 23.2 Å². The molecule has 0 saturated carbocycles. The van der Waals surface area contributed by atoms with Crippen molar-refractivity contribution in [1.29, 1.82) is 0 Å². The number of nitrogens with zero attached hydrogens (tertiary/aromatic N) is 2. The molecule has 0 aliphatic carbocycles. The molecule has 0 spiro atoms. The number of rotatable bonds is 3. The number of hydrogen-bond donors (Lipinski definition) is 1. The Hall–Kier alpha value is -0.350. The highest BCUT2D eigenvalue weighted by atomic mass is 35.5. The van der Waals surface area contributed by atoms with E-state index in [0.717, 1.165) is 5.56 Å². The number of β-amino-alcohol motifs (C(OH)–C–C–N with tert-alkyl or cyclic N) is 1. The Morgan fingerprint density at radius 1 is 1.41 bits per heavy atom. The number of likely N-dealkylation sites (tertiary alicyclic amines) is 1. The lowest BCUT2D eigenvalue weighted by atomic mass is 9.83. The Bertz CT molecular complexity index is 417. The van der Waals surface area contributed by atoms with Gasteiger partial charge in [-0.3, -0.25) is 4.90 Å². The third-order valence-corrected chi connectivity index (χ3v) is 3.89. The molecule has 0 amide bonds. The summed E-state index contributed by atoms with van der Waals surface area (Å²) in [6, 6.07) is 3.61. The third-order valence-electron chi connectivity index (χ3n) is 3.36. The Morgan fingerprint density at radius 3 is 2.59 bits per heavy atom. The molecule has 1 aliphatic rings. The van der Waals surface area contributed by atoms with E-state index in [0.29, 0.717) is 29.9 Å². The van der Waals surface area contributed by atoms with Gasteiger partial charge in [0.1, 0.15) is 10.3 Å². The first kappa shape index (κ1) is 13.1. The molecule has 2 heterocycles. The van der Waals surface area contributed by atoms with Gasteiger partial charge in [0.2, 0.25) is 0 Å². The molecule has 1 N–H and O–H groups in total. The number of aromatic nitrogens is 1. The lowest BCUT2D eigenvalue weighted by Gasteiger charge is -2.49. The molecule has 3 nitrogen and oxygen atoms in total. The molecule has 0 bridgehead atoms. The zero-order chi connectivity index (χ0) is 12.6. The minimum atomic E-state index is -0.549. The summed E-state index contributed by atoms with van der Waals surface area (Å²) in [6.07, 6.45) is 0. The van der Waals surface area contributed by atoms with Gasteiger partial charge in [0.15, 0.2) is 0 Å². The van der Waals surface area contributed by atoms with Gasteiger partial charge in [0.25, 0.3) is 0 Å². The first-order valence-corrected chi connectivity index (χ1v) is 6.42. The van der Waals surface area contributed by atoms with Gasteiger partial charge in [-0.1, -0.05) is 43.1 Å². The van der Waals surface area contributed by atoms with E-state index in [1.165, 1.54) is 0 Å². The standard InChI is InChI=1S/C12H16Cl2N2O/c1-8(2)12(17)6-16(7-12)5-9-3-4-10(13)15-11(9)14/h3-4,8,17H,5-7H2,1-2H3. The van der Waals surface area contributed by atoms with Crippen molar-refractivity contribution in [2.75, 3.05) is 13.1 Å². The summed E-state index contributed by atoms with van der Waals surface area (Å²) in [5.74, 6) is 0.276. The topological polar surface area (TPSA) is 36.4 Å². The lowest BCUT2D eigenvalue weighted by molar-refractivity contribution is -0.130. The number of pyridine rings is 1. The zero-order valence-corrected chi connectivity index (χ0v) is 11.5. The molecule has 1 aromatic rings. The molecule has 2 rings (SSSR count). The van der Waals surface area contributed by atoms with Gasteiger partial charge in [0, 0.05) is 25.2 Å². The minimum Gasteiger partial charge on any atom is -0.387 e. The van der Waals surface area contributed by atoms with Crippen LogP contribution in [0.4, 0.5) is 0 Å². The maximum Gasteiger partial charge on any atom is 0.135 e. The summed E-state index contributed by atoms with van der Waals surface area (Å²) in [6.45, 7) is 6.15. The second kappa shape index (κ2) is 4.73. The predicted octanol–water partition coefficient (Wildman–Crippen LogP) is 2.59. The van der Waals surface area contributed by atoms with Gasteiger partial charge in [-0.25, -0.2) is 4.98 Å². The minimum absolute atomic E-state index is 0.276. The summed E-state index contributed by atoms with van der Waals surface area (Å²) in [7, 11) is 0. The third kappa shape index (κ3) is 2.74. The molecular weight excluding hydrogens is 259 g/mol. The molecule has 1 aliphatic heterocycles. The van der Waals surface area contributed by atoms with Gasteiger partial charge in [0.05, 0.1) is 5.60 Å². The molecule has 1 saturated heterocycles. The largest absolute Gasteiger partial charge is 0.387 e. The van der Waals surface area contributed by atoms with Crippen molar-refractivity contribution in [2.45, 2.75) is 26.0 Å². The maximum absolute atomic E-state index is 10.1. The summed E-state index contributed by atoms with van der Waals surface area (Å²) in [4.78, 5) is 6.15. The van der Waals surface area contributed by atoms with Crippen LogP contribution in [0.2, 0.25) is 10.3 Å². The Morgan fingerprint density at radius 2 is 2.06 bits per heavy atom. The van der Waals surface area contributed by atoms with E-state index in [2.05, 4.69) is 9.88 Å². The Kier molecular flexibility index (Phi) is 3.64. The van der Waals surface area contributed by atoms with Crippen molar-refractivity contribution in [1.82, 2.24) is 9.88 Å². The number of aliphatic hydroxyl groups is 1. The van der Waals surface area contributed by atoms with E-state index < -0.39 is 5.60 Å². The second-order valence-electron chi connectivity index (χ2n) is 4.99. The fraction of sp³-hybridized carbons (Fsp3) is 0.583. The fourth-order valence-electron chi connectivity index (χ4n) is 2.00. The van der Waals surface area contributed by atoms with Crippen molar-refractivity contribution < 1.29 is 5.11 Å². The molecule has 94 valence electrons. The first-order chi connectivity index (χ1) is 7.90. The molecular formula is C12H16Cl2N2O. The van der Waals surface area contributed by atoms with Crippen LogP contribution in [-0.2, 0) is 6.54 Å². The van der Waals surface area contributed by atoms with Crippen LogP contribution in [0, 0.1) is 5.92 Å². The van der Waals surface area contributed by atoms with Crippen molar-refractivity contribution in [3.8, 4) is 0 Å². The molecule has 0 atom stereocenters. The SMILES string of the molecule is CC(C)C1(O)CN(Cc2ccc(Cl)nc2Cl)C1. The normalized spacial score (nSPS) is 19.4. The van der Waals surface area contributed by atoms with E-state index in [4.69, 9.17) is 23.2 Å². The van der Waals surface area contributed by atoms with E-state index in [-0.39, 0.29) is 5.92 Å². The summed E-state index contributed by atoms with van der Waals surface area (Å²) < 4.78 is 0. The highest BCUT2D eigenvalue weighted by Gasteiger charge is 2.43. The summed E-state index contributed by atoms with van der Waals surface area (Å²) >= 11 is 11.7. The van der Waals surface area contributed by atoms with Gasteiger partial charge in [-0.2, -0.15) is 0 Å². The van der Waals surface area contributed by atoms with Gasteiger partial charge in [-0.05, 0) is 12.0 Å². The molecule has 1 fully saturated rings. The average molecular weight is 275 g/mol. The first-order valence-electron chi connectivity index (χ1n) is 5.66. The maximum atomic E-state index is 10.1. The van der Waals surface area contributed by atoms with Gasteiger partial charge in [-0.15, -0.1) is 0 Å². The summed E-state index contributed by atoms with van der Waals surface area (Å²) in [5, 5.41) is 11.0. The number of halogens is 2. The lowest BCUT2D eigenvalue weighted by Crippen LogP contribution is -2.63.